The Morgan fingerprint density at radius 1 is 0.963 bits per heavy atom. The Bertz CT molecular complexity index is 901. The lowest BCUT2D eigenvalue weighted by Crippen LogP contribution is -2.32. The topological polar surface area (TPSA) is 138 Å². The van der Waals surface area contributed by atoms with Gasteiger partial charge in [0, 0.05) is 18.8 Å². The van der Waals surface area contributed by atoms with E-state index in [2.05, 4.69) is 0 Å². The summed E-state index contributed by atoms with van der Waals surface area (Å²) in [6, 6.07) is 10.3. The molecule has 11 heteroatoms. The molecule has 0 aromatic heterocycles. The highest BCUT2D eigenvalue weighted by molar-refractivity contribution is 7.86. The molecule has 1 aromatic carbocycles. The Morgan fingerprint density at radius 2 is 1.41 bits per heavy atom. The molecule has 0 saturated heterocycles. The van der Waals surface area contributed by atoms with Gasteiger partial charge in [-0.25, -0.2) is 0 Å². The van der Waals surface area contributed by atoms with Gasteiger partial charge in [0.2, 0.25) is 0 Å². The van der Waals surface area contributed by atoms with E-state index < -0.39 is 20.2 Å². The summed E-state index contributed by atoms with van der Waals surface area (Å²) >= 11 is 0. The second-order valence-corrected chi connectivity index (χ2v) is 8.70. The lowest BCUT2D eigenvalue weighted by atomic mass is 10.1. The van der Waals surface area contributed by atoms with Crippen molar-refractivity contribution in [3.8, 4) is 12.1 Å². The van der Waals surface area contributed by atoms with Crippen LogP contribution in [0.2, 0.25) is 0 Å². The highest BCUT2D eigenvalue weighted by Gasteiger charge is 2.11. The van der Waals surface area contributed by atoms with Crippen LogP contribution in [0.1, 0.15) is 5.56 Å². The summed E-state index contributed by atoms with van der Waals surface area (Å²) in [5.74, 6) is 0. The zero-order valence-corrected chi connectivity index (χ0v) is 16.5. The Balaban J connectivity index is 2.91. The van der Waals surface area contributed by atoms with Gasteiger partial charge in [-0.2, -0.15) is 27.4 Å². The molecule has 0 N–H and O–H groups in total. The van der Waals surface area contributed by atoms with Gasteiger partial charge < -0.3 is 4.90 Å². The lowest BCUT2D eigenvalue weighted by molar-refractivity contribution is 0.309. The van der Waals surface area contributed by atoms with Gasteiger partial charge in [-0.3, -0.25) is 8.37 Å². The number of allylic oxidation sites excluding steroid dienone is 1. The van der Waals surface area contributed by atoms with Crippen molar-refractivity contribution in [1.82, 2.24) is 0 Å². The Labute approximate surface area is 159 Å². The predicted molar refractivity (Wildman–Crippen MR) is 99.4 cm³/mol. The van der Waals surface area contributed by atoms with Crippen molar-refractivity contribution in [3.63, 3.8) is 0 Å². The van der Waals surface area contributed by atoms with Crippen molar-refractivity contribution >= 4 is 32.0 Å². The molecule has 0 aliphatic carbocycles. The van der Waals surface area contributed by atoms with Gasteiger partial charge in [0.15, 0.2) is 0 Å². The highest BCUT2D eigenvalue weighted by Crippen LogP contribution is 2.17. The second kappa shape index (κ2) is 10.0. The van der Waals surface area contributed by atoms with Gasteiger partial charge in [-0.15, -0.1) is 0 Å². The number of nitrogens with zero attached hydrogens (tertiary/aromatic N) is 3. The standard InChI is InChI=1S/C16H19N3O6S2/c1-26(20,21)24-9-7-19(8-10-25-27(2,22)23)16-5-3-14(4-6-16)11-15(12-17)13-18/h3-6,11H,7-10H2,1-2H3. The van der Waals surface area contributed by atoms with E-state index >= 15 is 0 Å². The summed E-state index contributed by atoms with van der Waals surface area (Å²) in [5, 5.41) is 17.6. The van der Waals surface area contributed by atoms with E-state index in [-0.39, 0.29) is 31.9 Å². The van der Waals surface area contributed by atoms with Crippen molar-refractivity contribution in [2.45, 2.75) is 0 Å². The third-order valence-corrected chi connectivity index (χ3v) is 4.32. The van der Waals surface area contributed by atoms with Crippen LogP contribution in [0.25, 0.3) is 6.08 Å². The van der Waals surface area contributed by atoms with E-state index in [4.69, 9.17) is 18.9 Å². The summed E-state index contributed by atoms with van der Waals surface area (Å²) in [5.41, 5.74) is 1.26. The zero-order valence-electron chi connectivity index (χ0n) is 14.8. The zero-order chi connectivity index (χ0) is 20.5. The van der Waals surface area contributed by atoms with Crippen LogP contribution in [0.3, 0.4) is 0 Å². The van der Waals surface area contributed by atoms with E-state index in [1.54, 1.807) is 41.3 Å². The van der Waals surface area contributed by atoms with Gasteiger partial charge in [-0.05, 0) is 23.8 Å². The minimum atomic E-state index is -3.59. The van der Waals surface area contributed by atoms with Gasteiger partial charge in [0.25, 0.3) is 20.2 Å². The highest BCUT2D eigenvalue weighted by atomic mass is 32.2. The average Bonchev–Trinajstić information content (AvgIpc) is 2.57. The van der Waals surface area contributed by atoms with Crippen LogP contribution in [-0.2, 0) is 28.6 Å². The first kappa shape index (κ1) is 22.6. The largest absolute Gasteiger partial charge is 0.367 e. The molecule has 0 aliphatic rings. The predicted octanol–water partition coefficient (Wildman–Crippen LogP) is 0.876. The quantitative estimate of drug-likeness (QED) is 0.404. The van der Waals surface area contributed by atoms with Crippen molar-refractivity contribution in [3.05, 3.63) is 35.4 Å². The van der Waals surface area contributed by atoms with Crippen LogP contribution in [0.5, 0.6) is 0 Å². The van der Waals surface area contributed by atoms with Crippen molar-refractivity contribution < 1.29 is 25.2 Å². The second-order valence-electron chi connectivity index (χ2n) is 5.41. The normalized spacial score (nSPS) is 11.3. The number of benzene rings is 1. The van der Waals surface area contributed by atoms with E-state index in [0.29, 0.717) is 11.3 Å². The summed E-state index contributed by atoms with van der Waals surface area (Å²) in [7, 11) is -7.19. The summed E-state index contributed by atoms with van der Waals surface area (Å²) in [6.45, 7) is 0.118. The first-order valence-electron chi connectivity index (χ1n) is 7.60. The van der Waals surface area contributed by atoms with Crippen molar-refractivity contribution in [2.75, 3.05) is 43.7 Å². The maximum atomic E-state index is 11.1. The third-order valence-electron chi connectivity index (χ3n) is 3.13. The van der Waals surface area contributed by atoms with Gasteiger partial charge in [-0.1, -0.05) is 12.1 Å². The summed E-state index contributed by atoms with van der Waals surface area (Å²) in [6.07, 6.45) is 3.30. The van der Waals surface area contributed by atoms with Crippen LogP contribution in [0.15, 0.2) is 29.8 Å². The van der Waals surface area contributed by atoms with E-state index in [1.165, 1.54) is 6.08 Å². The Morgan fingerprint density at radius 3 is 1.78 bits per heavy atom. The fraction of sp³-hybridized carbons (Fsp3) is 0.375. The number of hydrogen-bond donors (Lipinski definition) is 0. The smallest absolute Gasteiger partial charge is 0.264 e. The van der Waals surface area contributed by atoms with Crippen LogP contribution in [0, 0.1) is 22.7 Å². The maximum absolute atomic E-state index is 11.1. The van der Waals surface area contributed by atoms with Crippen molar-refractivity contribution in [1.29, 1.82) is 10.5 Å². The fourth-order valence-corrected chi connectivity index (χ4v) is 2.76. The SMILES string of the molecule is CS(=O)(=O)OCCN(CCOS(C)(=O)=O)c1ccc(C=C(C#N)C#N)cc1. The molecule has 0 spiro atoms. The average molecular weight is 413 g/mol. The maximum Gasteiger partial charge on any atom is 0.264 e. The summed E-state index contributed by atoms with van der Waals surface area (Å²) < 4.78 is 53.8. The molecule has 0 atom stereocenters. The minimum Gasteiger partial charge on any atom is -0.367 e. The molecule has 0 fully saturated rings. The molecule has 9 nitrogen and oxygen atoms in total. The molecule has 1 rings (SSSR count). The van der Waals surface area contributed by atoms with Gasteiger partial charge in [0.1, 0.15) is 17.7 Å². The third kappa shape index (κ3) is 9.72. The fourth-order valence-electron chi connectivity index (χ4n) is 2.01. The lowest BCUT2D eigenvalue weighted by Gasteiger charge is -2.24. The molecule has 0 saturated carbocycles. The monoisotopic (exact) mass is 413 g/mol. The molecule has 0 aliphatic heterocycles. The van der Waals surface area contributed by atoms with Crippen LogP contribution in [0.4, 0.5) is 5.69 Å². The summed E-state index contributed by atoms with van der Waals surface area (Å²) in [4.78, 5) is 1.69. The van der Waals surface area contributed by atoms with Gasteiger partial charge >= 0.3 is 0 Å². The first-order chi connectivity index (χ1) is 12.5. The molecule has 1 aromatic rings. The van der Waals surface area contributed by atoms with E-state index in [1.807, 2.05) is 0 Å². The first-order valence-corrected chi connectivity index (χ1v) is 11.2. The molecule has 0 heterocycles. The van der Waals surface area contributed by atoms with E-state index in [9.17, 15) is 16.8 Å². The molecule has 0 amide bonds. The number of anilines is 1. The van der Waals surface area contributed by atoms with Crippen LogP contribution >= 0.6 is 0 Å². The molecule has 0 unspecified atom stereocenters. The number of nitriles is 2. The van der Waals surface area contributed by atoms with Crippen LogP contribution < -0.4 is 4.90 Å². The van der Waals surface area contributed by atoms with Crippen LogP contribution in [-0.4, -0.2) is 55.7 Å². The molecule has 0 radical (unpaired) electrons. The Hall–Kier alpha value is -2.44. The molecule has 146 valence electrons. The molecule has 27 heavy (non-hydrogen) atoms. The number of hydrogen-bond acceptors (Lipinski definition) is 9. The molecule has 0 bridgehead atoms. The van der Waals surface area contributed by atoms with Crippen molar-refractivity contribution in [2.24, 2.45) is 0 Å². The molecular formula is C16H19N3O6S2. The molecular weight excluding hydrogens is 394 g/mol. The number of rotatable bonds is 10. The minimum absolute atomic E-state index is 0.0392. The van der Waals surface area contributed by atoms with E-state index in [0.717, 1.165) is 12.5 Å². The van der Waals surface area contributed by atoms with Gasteiger partial charge in [0.05, 0.1) is 25.7 Å². The Kier molecular flexibility index (Phi) is 8.40.